The lowest BCUT2D eigenvalue weighted by Crippen LogP contribution is -2.03. The normalized spacial score (nSPS) is 11.0. The number of hydrogen-bond donors (Lipinski definition) is 0. The number of ether oxygens (including phenoxy) is 2. The molecule has 0 atom stereocenters. The molecule has 0 aliphatic heterocycles. The molecule has 3 rings (SSSR count). The molecule has 0 saturated heterocycles. The van der Waals surface area contributed by atoms with Crippen molar-refractivity contribution in [1.29, 1.82) is 0 Å². The van der Waals surface area contributed by atoms with Gasteiger partial charge >= 0.3 is 0 Å². The molecule has 0 N–H and O–H groups in total. The Balaban J connectivity index is 2.55. The van der Waals surface area contributed by atoms with Gasteiger partial charge in [0.1, 0.15) is 22.3 Å². The van der Waals surface area contributed by atoms with Crippen molar-refractivity contribution < 1.29 is 18.3 Å². The second-order valence-electron chi connectivity index (χ2n) is 3.75. The van der Waals surface area contributed by atoms with Crippen LogP contribution in [0.4, 0.5) is 0 Å². The zero-order valence-corrected chi connectivity index (χ0v) is 9.85. The zero-order chi connectivity index (χ0) is 12.7. The van der Waals surface area contributed by atoms with E-state index in [1.54, 1.807) is 12.1 Å². The van der Waals surface area contributed by atoms with Gasteiger partial charge in [0.15, 0.2) is 5.43 Å². The van der Waals surface area contributed by atoms with Gasteiger partial charge in [0.25, 0.3) is 5.95 Å². The Kier molecular flexibility index (Phi) is 2.26. The quantitative estimate of drug-likeness (QED) is 0.695. The smallest absolute Gasteiger partial charge is 0.288 e. The fraction of sp³-hybridized carbons (Fsp3) is 0.154. The zero-order valence-electron chi connectivity index (χ0n) is 9.85. The maximum absolute atomic E-state index is 12.1. The first-order valence-electron chi connectivity index (χ1n) is 5.30. The van der Waals surface area contributed by atoms with Crippen molar-refractivity contribution in [2.24, 2.45) is 0 Å². The van der Waals surface area contributed by atoms with E-state index in [4.69, 9.17) is 18.3 Å². The molecule has 0 bridgehead atoms. The highest BCUT2D eigenvalue weighted by molar-refractivity contribution is 6.01. The molecule has 0 saturated carbocycles. The summed E-state index contributed by atoms with van der Waals surface area (Å²) in [6.45, 7) is 0. The van der Waals surface area contributed by atoms with Crippen LogP contribution in [0.5, 0.6) is 11.7 Å². The molecule has 5 nitrogen and oxygen atoms in total. The standard InChI is InChI=1S/C13H10O5/c1-15-11-5-8(14)12-10(18-11)6-9-7(3-4-17-9)13(12)16-2/h3-6H,1-2H3. The Bertz CT molecular complexity index is 781. The van der Waals surface area contributed by atoms with Gasteiger partial charge in [0, 0.05) is 6.07 Å². The summed E-state index contributed by atoms with van der Waals surface area (Å²) < 4.78 is 21.0. The summed E-state index contributed by atoms with van der Waals surface area (Å²) in [5.41, 5.74) is 0.752. The van der Waals surface area contributed by atoms with Crippen molar-refractivity contribution in [2.75, 3.05) is 14.2 Å². The monoisotopic (exact) mass is 246 g/mol. The summed E-state index contributed by atoms with van der Waals surface area (Å²) in [6, 6.07) is 4.69. The lowest BCUT2D eigenvalue weighted by molar-refractivity contribution is 0.309. The average molecular weight is 246 g/mol. The maximum atomic E-state index is 12.1. The maximum Gasteiger partial charge on any atom is 0.288 e. The van der Waals surface area contributed by atoms with Crippen molar-refractivity contribution in [2.45, 2.75) is 0 Å². The Hall–Kier alpha value is -2.43. The summed E-state index contributed by atoms with van der Waals surface area (Å²) in [4.78, 5) is 12.1. The van der Waals surface area contributed by atoms with Crippen molar-refractivity contribution >= 4 is 21.9 Å². The third-order valence-electron chi connectivity index (χ3n) is 2.79. The average Bonchev–Trinajstić information content (AvgIpc) is 2.83. The predicted octanol–water partition coefficient (Wildman–Crippen LogP) is 2.56. The van der Waals surface area contributed by atoms with Gasteiger partial charge in [0.05, 0.1) is 31.9 Å². The van der Waals surface area contributed by atoms with Gasteiger partial charge in [-0.25, -0.2) is 0 Å². The fourth-order valence-electron chi connectivity index (χ4n) is 2.00. The fourth-order valence-corrected chi connectivity index (χ4v) is 2.00. The summed E-state index contributed by atoms with van der Waals surface area (Å²) >= 11 is 0. The first kappa shape index (κ1) is 10.7. The third kappa shape index (κ3) is 1.37. The highest BCUT2D eigenvalue weighted by Gasteiger charge is 2.16. The van der Waals surface area contributed by atoms with Gasteiger partial charge in [-0.1, -0.05) is 0 Å². The summed E-state index contributed by atoms with van der Waals surface area (Å²) in [5, 5.41) is 1.12. The van der Waals surface area contributed by atoms with Gasteiger partial charge < -0.3 is 18.3 Å². The van der Waals surface area contributed by atoms with Crippen LogP contribution in [0.15, 0.2) is 38.1 Å². The van der Waals surface area contributed by atoms with E-state index in [0.717, 1.165) is 5.39 Å². The van der Waals surface area contributed by atoms with Crippen molar-refractivity contribution in [3.8, 4) is 11.7 Å². The van der Waals surface area contributed by atoms with Crippen LogP contribution in [0.1, 0.15) is 0 Å². The van der Waals surface area contributed by atoms with Crippen LogP contribution in [-0.4, -0.2) is 14.2 Å². The Morgan fingerprint density at radius 2 is 1.94 bits per heavy atom. The molecular weight excluding hydrogens is 236 g/mol. The van der Waals surface area contributed by atoms with Crippen LogP contribution in [0, 0.1) is 0 Å². The van der Waals surface area contributed by atoms with Crippen LogP contribution in [0.3, 0.4) is 0 Å². The molecule has 0 radical (unpaired) electrons. The Morgan fingerprint density at radius 3 is 2.67 bits per heavy atom. The molecule has 92 valence electrons. The minimum atomic E-state index is -0.215. The van der Waals surface area contributed by atoms with E-state index in [9.17, 15) is 4.79 Å². The minimum absolute atomic E-state index is 0.153. The lowest BCUT2D eigenvalue weighted by atomic mass is 10.1. The Morgan fingerprint density at radius 1 is 1.11 bits per heavy atom. The number of fused-ring (bicyclic) bond motifs is 2. The SMILES string of the molecule is COc1cc(=O)c2c(OC)c3ccoc3cc2o1. The summed E-state index contributed by atoms with van der Waals surface area (Å²) in [7, 11) is 2.94. The van der Waals surface area contributed by atoms with Gasteiger partial charge in [-0.05, 0) is 6.07 Å². The molecule has 0 aliphatic rings. The van der Waals surface area contributed by atoms with Crippen molar-refractivity contribution in [3.05, 3.63) is 34.7 Å². The van der Waals surface area contributed by atoms with E-state index in [1.807, 2.05) is 0 Å². The minimum Gasteiger partial charge on any atom is -0.495 e. The van der Waals surface area contributed by atoms with E-state index >= 15 is 0 Å². The van der Waals surface area contributed by atoms with E-state index in [1.165, 1.54) is 26.5 Å². The van der Waals surface area contributed by atoms with E-state index in [2.05, 4.69) is 0 Å². The number of methoxy groups -OCH3 is 2. The second-order valence-corrected chi connectivity index (χ2v) is 3.75. The first-order valence-corrected chi connectivity index (χ1v) is 5.30. The topological polar surface area (TPSA) is 61.8 Å². The summed E-state index contributed by atoms with van der Waals surface area (Å²) in [5.74, 6) is 0.605. The molecule has 2 heterocycles. The van der Waals surface area contributed by atoms with E-state index < -0.39 is 0 Å². The highest BCUT2D eigenvalue weighted by Crippen LogP contribution is 2.34. The molecule has 0 unspecified atom stereocenters. The van der Waals surface area contributed by atoms with E-state index in [0.29, 0.717) is 22.3 Å². The predicted molar refractivity (Wildman–Crippen MR) is 65.4 cm³/mol. The molecular formula is C13H10O5. The highest BCUT2D eigenvalue weighted by atomic mass is 16.6. The largest absolute Gasteiger partial charge is 0.495 e. The number of hydrogen-bond acceptors (Lipinski definition) is 5. The van der Waals surface area contributed by atoms with Gasteiger partial charge in [-0.15, -0.1) is 0 Å². The molecule has 0 aliphatic carbocycles. The first-order chi connectivity index (χ1) is 8.74. The van der Waals surface area contributed by atoms with E-state index in [-0.39, 0.29) is 11.4 Å². The van der Waals surface area contributed by atoms with Gasteiger partial charge in [-0.3, -0.25) is 4.79 Å². The summed E-state index contributed by atoms with van der Waals surface area (Å²) in [6.07, 6.45) is 1.54. The van der Waals surface area contributed by atoms with Crippen molar-refractivity contribution in [1.82, 2.24) is 0 Å². The van der Waals surface area contributed by atoms with Crippen LogP contribution in [-0.2, 0) is 0 Å². The van der Waals surface area contributed by atoms with Crippen LogP contribution in [0.2, 0.25) is 0 Å². The molecule has 18 heavy (non-hydrogen) atoms. The van der Waals surface area contributed by atoms with Gasteiger partial charge in [0.2, 0.25) is 0 Å². The van der Waals surface area contributed by atoms with Crippen LogP contribution >= 0.6 is 0 Å². The Labute approximate surface area is 102 Å². The van der Waals surface area contributed by atoms with Crippen molar-refractivity contribution in [3.63, 3.8) is 0 Å². The number of furan rings is 1. The lowest BCUT2D eigenvalue weighted by Gasteiger charge is -2.06. The molecule has 1 aromatic carbocycles. The number of benzene rings is 1. The second kappa shape index (κ2) is 3.80. The van der Waals surface area contributed by atoms with Gasteiger partial charge in [-0.2, -0.15) is 0 Å². The molecule has 0 fully saturated rings. The molecule has 0 spiro atoms. The molecule has 0 amide bonds. The molecule has 3 aromatic rings. The molecule has 5 heteroatoms. The number of rotatable bonds is 2. The van der Waals surface area contributed by atoms with Crippen LogP contribution in [0.25, 0.3) is 21.9 Å². The molecule has 2 aromatic heterocycles. The third-order valence-corrected chi connectivity index (χ3v) is 2.79. The van der Waals surface area contributed by atoms with Crippen LogP contribution < -0.4 is 14.9 Å².